The molecular formula is C26H22ClN7O. The maximum atomic E-state index is 13.2. The molecule has 0 amide bonds. The van der Waals surface area contributed by atoms with Gasteiger partial charge in [0.1, 0.15) is 0 Å². The molecule has 0 unspecified atom stereocenters. The van der Waals surface area contributed by atoms with Gasteiger partial charge in [0.25, 0.3) is 5.56 Å². The number of aromatic nitrogens is 4. The van der Waals surface area contributed by atoms with Gasteiger partial charge in [0.05, 0.1) is 27.4 Å². The molecule has 0 aliphatic carbocycles. The first kappa shape index (κ1) is 21.5. The van der Waals surface area contributed by atoms with Gasteiger partial charge in [-0.25, -0.2) is 9.97 Å². The highest BCUT2D eigenvalue weighted by Crippen LogP contribution is 2.32. The fraction of sp³-hybridized carbons (Fsp3) is 0.154. The Balaban J connectivity index is 1.56. The molecule has 0 spiro atoms. The Morgan fingerprint density at radius 3 is 2.46 bits per heavy atom. The molecule has 0 radical (unpaired) electrons. The van der Waals surface area contributed by atoms with E-state index < -0.39 is 0 Å². The fourth-order valence-electron chi connectivity index (χ4n) is 4.63. The standard InChI is InChI=1S/C26H22ClN7O/c27-21-12-19(3-5-23(21)33-9-7-29-8-10-33)34-24(35)6-2-17-13-30-22-4-1-16(11-20(22)25(17)34)18-14-31-26(28)32-15-18/h1-6,11-15,29H,7-10H2,(H2,28,31,32). The molecular weight excluding hydrogens is 462 g/mol. The highest BCUT2D eigenvalue weighted by molar-refractivity contribution is 6.33. The molecule has 3 aromatic heterocycles. The molecule has 5 aromatic rings. The number of hydrogen-bond donors (Lipinski definition) is 2. The topological polar surface area (TPSA) is 102 Å². The van der Waals surface area contributed by atoms with E-state index in [1.165, 1.54) is 0 Å². The first-order valence-electron chi connectivity index (χ1n) is 11.4. The van der Waals surface area contributed by atoms with E-state index >= 15 is 0 Å². The molecule has 174 valence electrons. The highest BCUT2D eigenvalue weighted by atomic mass is 35.5. The molecule has 1 fully saturated rings. The minimum Gasteiger partial charge on any atom is -0.368 e. The zero-order chi connectivity index (χ0) is 23.9. The molecule has 8 nitrogen and oxygen atoms in total. The van der Waals surface area contributed by atoms with Crippen LogP contribution in [0.3, 0.4) is 0 Å². The molecule has 9 heteroatoms. The Morgan fingerprint density at radius 2 is 1.69 bits per heavy atom. The van der Waals surface area contributed by atoms with E-state index in [0.717, 1.165) is 64.8 Å². The number of benzene rings is 2. The quantitative estimate of drug-likeness (QED) is 0.378. The lowest BCUT2D eigenvalue weighted by molar-refractivity contribution is 0.589. The van der Waals surface area contributed by atoms with E-state index in [-0.39, 0.29) is 11.5 Å². The molecule has 2 aromatic carbocycles. The number of pyridine rings is 2. The number of rotatable bonds is 3. The maximum absolute atomic E-state index is 13.2. The van der Waals surface area contributed by atoms with Crippen LogP contribution in [0, 0.1) is 0 Å². The number of nitrogens with one attached hydrogen (secondary N) is 1. The number of nitrogens with two attached hydrogens (primary N) is 1. The molecule has 3 N–H and O–H groups in total. The molecule has 35 heavy (non-hydrogen) atoms. The van der Waals surface area contributed by atoms with Gasteiger partial charge >= 0.3 is 0 Å². The van der Waals surface area contributed by atoms with Crippen molar-refractivity contribution in [1.29, 1.82) is 0 Å². The van der Waals surface area contributed by atoms with Crippen LogP contribution in [-0.2, 0) is 0 Å². The first-order chi connectivity index (χ1) is 17.1. The number of nitrogens with zero attached hydrogens (tertiary/aromatic N) is 5. The van der Waals surface area contributed by atoms with Gasteiger partial charge in [-0.3, -0.25) is 14.3 Å². The summed E-state index contributed by atoms with van der Waals surface area (Å²) in [4.78, 5) is 28.3. The molecule has 1 saturated heterocycles. The van der Waals surface area contributed by atoms with Crippen LogP contribution in [0.25, 0.3) is 38.6 Å². The van der Waals surface area contributed by atoms with Crippen LogP contribution < -0.4 is 21.5 Å². The number of nitrogen functional groups attached to an aromatic ring is 1. The summed E-state index contributed by atoms with van der Waals surface area (Å²) in [5, 5.41) is 5.67. The molecule has 1 aliphatic rings. The zero-order valence-electron chi connectivity index (χ0n) is 18.8. The van der Waals surface area contributed by atoms with Crippen LogP contribution in [0.5, 0.6) is 0 Å². The Morgan fingerprint density at radius 1 is 0.886 bits per heavy atom. The minimum atomic E-state index is -0.141. The summed E-state index contributed by atoms with van der Waals surface area (Å²) >= 11 is 6.74. The molecule has 0 bridgehead atoms. The second kappa shape index (κ2) is 8.65. The van der Waals surface area contributed by atoms with E-state index in [4.69, 9.17) is 17.3 Å². The Kier molecular flexibility index (Phi) is 5.32. The van der Waals surface area contributed by atoms with Crippen LogP contribution in [-0.4, -0.2) is 45.7 Å². The fourth-order valence-corrected chi connectivity index (χ4v) is 4.93. The van der Waals surface area contributed by atoms with Crippen molar-refractivity contribution >= 4 is 45.0 Å². The van der Waals surface area contributed by atoms with Gasteiger partial charge in [0.2, 0.25) is 5.95 Å². The molecule has 0 atom stereocenters. The van der Waals surface area contributed by atoms with Crippen LogP contribution in [0.2, 0.25) is 5.02 Å². The largest absolute Gasteiger partial charge is 0.368 e. The molecule has 0 saturated carbocycles. The number of anilines is 2. The average Bonchev–Trinajstić information content (AvgIpc) is 2.89. The first-order valence-corrected chi connectivity index (χ1v) is 11.7. The molecule has 4 heterocycles. The summed E-state index contributed by atoms with van der Waals surface area (Å²) in [6, 6.07) is 15.1. The van der Waals surface area contributed by atoms with E-state index in [2.05, 4.69) is 25.2 Å². The lowest BCUT2D eigenvalue weighted by atomic mass is 10.0. The summed E-state index contributed by atoms with van der Waals surface area (Å²) in [7, 11) is 0. The number of piperazine rings is 1. The van der Waals surface area contributed by atoms with Crippen molar-refractivity contribution in [2.24, 2.45) is 0 Å². The van der Waals surface area contributed by atoms with Gasteiger partial charge in [-0.05, 0) is 42.0 Å². The summed E-state index contributed by atoms with van der Waals surface area (Å²) in [5.74, 6) is 0.219. The van der Waals surface area contributed by atoms with Crippen molar-refractivity contribution in [3.05, 3.63) is 82.5 Å². The lowest BCUT2D eigenvalue weighted by Crippen LogP contribution is -2.43. The Hall–Kier alpha value is -4.01. The van der Waals surface area contributed by atoms with Crippen molar-refractivity contribution in [2.45, 2.75) is 0 Å². The van der Waals surface area contributed by atoms with Gasteiger partial charge in [-0.15, -0.1) is 0 Å². The van der Waals surface area contributed by atoms with E-state index in [1.807, 2.05) is 36.4 Å². The SMILES string of the molecule is Nc1ncc(-c2ccc3ncc4ccc(=O)n(-c5ccc(N6CCNCC6)c(Cl)c5)c4c3c2)cn1. The molecule has 6 rings (SSSR count). The smallest absolute Gasteiger partial charge is 0.255 e. The van der Waals surface area contributed by atoms with Gasteiger partial charge in [-0.1, -0.05) is 17.7 Å². The van der Waals surface area contributed by atoms with Gasteiger partial charge in [0, 0.05) is 67.2 Å². The lowest BCUT2D eigenvalue weighted by Gasteiger charge is -2.30. The second-order valence-corrected chi connectivity index (χ2v) is 8.91. The summed E-state index contributed by atoms with van der Waals surface area (Å²) in [6.45, 7) is 3.62. The van der Waals surface area contributed by atoms with Crippen molar-refractivity contribution < 1.29 is 0 Å². The van der Waals surface area contributed by atoms with Crippen LogP contribution in [0.4, 0.5) is 11.6 Å². The van der Waals surface area contributed by atoms with Crippen molar-refractivity contribution in [3.63, 3.8) is 0 Å². The van der Waals surface area contributed by atoms with Crippen LogP contribution >= 0.6 is 11.6 Å². The van der Waals surface area contributed by atoms with Gasteiger partial charge < -0.3 is 16.0 Å². The van der Waals surface area contributed by atoms with Crippen molar-refractivity contribution in [2.75, 3.05) is 36.8 Å². The van der Waals surface area contributed by atoms with Crippen molar-refractivity contribution in [3.8, 4) is 16.8 Å². The third-order valence-electron chi connectivity index (χ3n) is 6.37. The third-order valence-corrected chi connectivity index (χ3v) is 6.67. The minimum absolute atomic E-state index is 0.141. The number of hydrogen-bond acceptors (Lipinski definition) is 7. The highest BCUT2D eigenvalue weighted by Gasteiger charge is 2.16. The predicted molar refractivity (Wildman–Crippen MR) is 140 cm³/mol. The Labute approximate surface area is 206 Å². The molecule has 1 aliphatic heterocycles. The maximum Gasteiger partial charge on any atom is 0.255 e. The predicted octanol–water partition coefficient (Wildman–Crippen LogP) is 3.64. The van der Waals surface area contributed by atoms with E-state index in [0.29, 0.717) is 10.7 Å². The zero-order valence-corrected chi connectivity index (χ0v) is 19.5. The van der Waals surface area contributed by atoms with Crippen LogP contribution in [0.15, 0.2) is 71.9 Å². The monoisotopic (exact) mass is 483 g/mol. The average molecular weight is 484 g/mol. The second-order valence-electron chi connectivity index (χ2n) is 8.50. The number of halogens is 1. The third kappa shape index (κ3) is 3.86. The summed E-state index contributed by atoms with van der Waals surface area (Å²) in [5.41, 5.74) is 10.5. The summed E-state index contributed by atoms with van der Waals surface area (Å²) < 4.78 is 1.70. The normalized spacial score (nSPS) is 14.0. The Bertz CT molecular complexity index is 1630. The van der Waals surface area contributed by atoms with Gasteiger partial charge in [0.15, 0.2) is 0 Å². The van der Waals surface area contributed by atoms with Gasteiger partial charge in [-0.2, -0.15) is 0 Å². The van der Waals surface area contributed by atoms with Crippen LogP contribution in [0.1, 0.15) is 0 Å². The number of fused-ring (bicyclic) bond motifs is 3. The van der Waals surface area contributed by atoms with E-state index in [9.17, 15) is 4.79 Å². The summed E-state index contributed by atoms with van der Waals surface area (Å²) in [6.07, 6.45) is 5.16. The van der Waals surface area contributed by atoms with Crippen molar-refractivity contribution in [1.82, 2.24) is 24.8 Å². The van der Waals surface area contributed by atoms with E-state index in [1.54, 1.807) is 35.3 Å².